The number of esters is 1. The van der Waals surface area contributed by atoms with Gasteiger partial charge in [0.05, 0.1) is 12.7 Å². The summed E-state index contributed by atoms with van der Waals surface area (Å²) in [6.45, 7) is 5.07. The number of halogens is 1. The average Bonchev–Trinajstić information content (AvgIpc) is 2.54. The van der Waals surface area contributed by atoms with Crippen molar-refractivity contribution < 1.29 is 14.3 Å². The van der Waals surface area contributed by atoms with E-state index in [9.17, 15) is 4.79 Å². The molecule has 0 aliphatic carbocycles. The van der Waals surface area contributed by atoms with Crippen LogP contribution in [0.25, 0.3) is 0 Å². The Labute approximate surface area is 141 Å². The van der Waals surface area contributed by atoms with Crippen molar-refractivity contribution in [2.75, 3.05) is 25.6 Å². The molecule has 0 bridgehead atoms. The van der Waals surface area contributed by atoms with Crippen molar-refractivity contribution in [2.24, 2.45) is 0 Å². The first kappa shape index (κ1) is 17.2. The van der Waals surface area contributed by atoms with E-state index in [0.717, 1.165) is 16.9 Å². The van der Waals surface area contributed by atoms with Crippen LogP contribution in [0.2, 0.25) is 5.02 Å². The molecule has 2 aromatic rings. The summed E-state index contributed by atoms with van der Waals surface area (Å²) in [6.07, 6.45) is 0. The van der Waals surface area contributed by atoms with Gasteiger partial charge >= 0.3 is 5.97 Å². The third kappa shape index (κ3) is 4.39. The van der Waals surface area contributed by atoms with E-state index in [4.69, 9.17) is 21.1 Å². The van der Waals surface area contributed by atoms with Crippen LogP contribution in [-0.4, -0.2) is 26.2 Å². The minimum absolute atomic E-state index is 0.409. The number of benzene rings is 2. The molecule has 0 saturated carbocycles. The van der Waals surface area contributed by atoms with E-state index >= 15 is 0 Å². The Morgan fingerprint density at radius 3 is 2.52 bits per heavy atom. The second-order valence-corrected chi connectivity index (χ2v) is 5.61. The van der Waals surface area contributed by atoms with Crippen LogP contribution in [0.1, 0.15) is 21.5 Å². The van der Waals surface area contributed by atoms with Crippen molar-refractivity contribution in [1.82, 2.24) is 0 Å². The van der Waals surface area contributed by atoms with Gasteiger partial charge < -0.3 is 14.8 Å². The number of carbonyl (C=O) groups excluding carboxylic acids is 1. The standard InChI is InChI=1S/C18H20ClNO3/c1-12-5-4-6-13(2)17(12)23-10-9-20-16-8-7-14(19)11-15(16)18(21)22-3/h4-8,11,20H,9-10H2,1-3H3. The van der Waals surface area contributed by atoms with Crippen LogP contribution in [0, 0.1) is 13.8 Å². The molecule has 1 N–H and O–H groups in total. The normalized spacial score (nSPS) is 10.3. The highest BCUT2D eigenvalue weighted by Crippen LogP contribution is 2.23. The third-order valence-corrected chi connectivity index (χ3v) is 3.69. The van der Waals surface area contributed by atoms with Crippen LogP contribution in [0.3, 0.4) is 0 Å². The number of hydrogen-bond acceptors (Lipinski definition) is 4. The lowest BCUT2D eigenvalue weighted by atomic mass is 10.1. The molecule has 0 aliphatic rings. The molecule has 0 saturated heterocycles. The molecule has 5 heteroatoms. The summed E-state index contributed by atoms with van der Waals surface area (Å²) >= 11 is 5.93. The number of hydrogen-bond donors (Lipinski definition) is 1. The summed E-state index contributed by atoms with van der Waals surface area (Å²) in [6, 6.07) is 11.1. The zero-order chi connectivity index (χ0) is 16.8. The van der Waals surface area contributed by atoms with E-state index in [0.29, 0.717) is 29.4 Å². The highest BCUT2D eigenvalue weighted by Gasteiger charge is 2.12. The zero-order valence-electron chi connectivity index (χ0n) is 13.5. The van der Waals surface area contributed by atoms with Crippen molar-refractivity contribution in [2.45, 2.75) is 13.8 Å². The first-order valence-corrected chi connectivity index (χ1v) is 7.71. The summed E-state index contributed by atoms with van der Waals surface area (Å²) in [5, 5.41) is 3.67. The van der Waals surface area contributed by atoms with E-state index in [2.05, 4.69) is 5.32 Å². The van der Waals surface area contributed by atoms with E-state index in [1.165, 1.54) is 7.11 Å². The Balaban J connectivity index is 1.98. The van der Waals surface area contributed by atoms with Crippen molar-refractivity contribution in [3.63, 3.8) is 0 Å². The molecule has 2 rings (SSSR count). The van der Waals surface area contributed by atoms with E-state index in [1.807, 2.05) is 32.0 Å². The Morgan fingerprint density at radius 2 is 1.87 bits per heavy atom. The summed E-state index contributed by atoms with van der Waals surface area (Å²) in [4.78, 5) is 11.8. The molecule has 0 aliphatic heterocycles. The van der Waals surface area contributed by atoms with Gasteiger partial charge in [0.15, 0.2) is 0 Å². The lowest BCUT2D eigenvalue weighted by molar-refractivity contribution is 0.0602. The number of anilines is 1. The van der Waals surface area contributed by atoms with Gasteiger partial charge in [0.25, 0.3) is 0 Å². The quantitative estimate of drug-likeness (QED) is 0.634. The fourth-order valence-corrected chi connectivity index (χ4v) is 2.49. The SMILES string of the molecule is COC(=O)c1cc(Cl)ccc1NCCOc1c(C)cccc1C. The van der Waals surface area contributed by atoms with Gasteiger partial charge in [-0.15, -0.1) is 0 Å². The fraction of sp³-hybridized carbons (Fsp3) is 0.278. The van der Waals surface area contributed by atoms with E-state index < -0.39 is 5.97 Å². The number of carbonyl (C=O) groups is 1. The predicted molar refractivity (Wildman–Crippen MR) is 92.7 cm³/mol. The van der Waals surface area contributed by atoms with Gasteiger partial charge in [-0.3, -0.25) is 0 Å². The highest BCUT2D eigenvalue weighted by molar-refractivity contribution is 6.31. The minimum atomic E-state index is -0.425. The molecule has 0 spiro atoms. The van der Waals surface area contributed by atoms with E-state index in [1.54, 1.807) is 18.2 Å². The van der Waals surface area contributed by atoms with Crippen LogP contribution in [0.4, 0.5) is 5.69 Å². The van der Waals surface area contributed by atoms with Crippen molar-refractivity contribution in [1.29, 1.82) is 0 Å². The molecule has 0 atom stereocenters. The number of rotatable bonds is 6. The maximum atomic E-state index is 11.8. The molecule has 0 aromatic heterocycles. The molecule has 0 fully saturated rings. The molecule has 4 nitrogen and oxygen atoms in total. The number of nitrogens with one attached hydrogen (secondary N) is 1. The van der Waals surface area contributed by atoms with Gasteiger partial charge in [-0.05, 0) is 43.2 Å². The lowest BCUT2D eigenvalue weighted by Gasteiger charge is -2.14. The van der Waals surface area contributed by atoms with Gasteiger partial charge in [-0.25, -0.2) is 4.79 Å². The largest absolute Gasteiger partial charge is 0.491 e. The second kappa shape index (κ2) is 7.88. The Kier molecular flexibility index (Phi) is 5.88. The topological polar surface area (TPSA) is 47.6 Å². The molecule has 0 heterocycles. The number of aryl methyl sites for hydroxylation is 2. The summed E-state index contributed by atoms with van der Waals surface area (Å²) in [5.74, 6) is 0.476. The second-order valence-electron chi connectivity index (χ2n) is 5.18. The zero-order valence-corrected chi connectivity index (χ0v) is 14.2. The maximum Gasteiger partial charge on any atom is 0.340 e. The monoisotopic (exact) mass is 333 g/mol. The smallest absolute Gasteiger partial charge is 0.340 e. The molecule has 23 heavy (non-hydrogen) atoms. The first-order chi connectivity index (χ1) is 11.0. The lowest BCUT2D eigenvalue weighted by Crippen LogP contribution is -2.15. The highest BCUT2D eigenvalue weighted by atomic mass is 35.5. The summed E-state index contributed by atoms with van der Waals surface area (Å²) in [7, 11) is 1.34. The van der Waals surface area contributed by atoms with Crippen molar-refractivity contribution in [3.05, 3.63) is 58.1 Å². The van der Waals surface area contributed by atoms with Crippen LogP contribution < -0.4 is 10.1 Å². The van der Waals surface area contributed by atoms with Gasteiger partial charge in [-0.1, -0.05) is 29.8 Å². The van der Waals surface area contributed by atoms with Gasteiger partial charge in [-0.2, -0.15) is 0 Å². The molecule has 0 unspecified atom stereocenters. The first-order valence-electron chi connectivity index (χ1n) is 7.33. The fourth-order valence-electron chi connectivity index (χ4n) is 2.32. The Bertz CT molecular complexity index is 680. The molecular formula is C18H20ClNO3. The van der Waals surface area contributed by atoms with Crippen LogP contribution in [-0.2, 0) is 4.74 Å². The molecule has 2 aromatic carbocycles. The maximum absolute atomic E-state index is 11.8. The Hall–Kier alpha value is -2.20. The van der Waals surface area contributed by atoms with Crippen LogP contribution in [0.15, 0.2) is 36.4 Å². The molecule has 122 valence electrons. The summed E-state index contributed by atoms with van der Waals surface area (Å²) in [5.41, 5.74) is 3.29. The van der Waals surface area contributed by atoms with Gasteiger partial charge in [0, 0.05) is 17.3 Å². The minimum Gasteiger partial charge on any atom is -0.491 e. The number of para-hydroxylation sites is 1. The predicted octanol–water partition coefficient (Wildman–Crippen LogP) is 4.23. The van der Waals surface area contributed by atoms with E-state index in [-0.39, 0.29) is 0 Å². The third-order valence-electron chi connectivity index (χ3n) is 3.46. The van der Waals surface area contributed by atoms with Gasteiger partial charge in [0.1, 0.15) is 12.4 Å². The number of methoxy groups -OCH3 is 1. The van der Waals surface area contributed by atoms with Crippen molar-refractivity contribution in [3.8, 4) is 5.75 Å². The summed E-state index contributed by atoms with van der Waals surface area (Å²) < 4.78 is 10.6. The van der Waals surface area contributed by atoms with Crippen LogP contribution in [0.5, 0.6) is 5.75 Å². The Morgan fingerprint density at radius 1 is 1.17 bits per heavy atom. The molecule has 0 radical (unpaired) electrons. The number of ether oxygens (including phenoxy) is 2. The average molecular weight is 334 g/mol. The molecular weight excluding hydrogens is 314 g/mol. The molecule has 0 amide bonds. The van der Waals surface area contributed by atoms with Crippen LogP contribution >= 0.6 is 11.6 Å². The van der Waals surface area contributed by atoms with Crippen molar-refractivity contribution >= 4 is 23.3 Å². The van der Waals surface area contributed by atoms with Gasteiger partial charge in [0.2, 0.25) is 0 Å².